The lowest BCUT2D eigenvalue weighted by Crippen LogP contribution is -2.57. The Labute approximate surface area is 177 Å². The predicted molar refractivity (Wildman–Crippen MR) is 114 cm³/mol. The first-order chi connectivity index (χ1) is 14.5. The number of ether oxygens (including phenoxy) is 1. The molecule has 1 N–H and O–H groups in total. The monoisotopic (exact) mass is 410 g/mol. The van der Waals surface area contributed by atoms with E-state index in [0.29, 0.717) is 18.8 Å². The number of methoxy groups -OCH3 is 1. The summed E-state index contributed by atoms with van der Waals surface area (Å²) in [6.45, 7) is 0.625. The maximum atomic E-state index is 13.7. The van der Waals surface area contributed by atoms with Crippen molar-refractivity contribution < 1.29 is 14.3 Å². The van der Waals surface area contributed by atoms with E-state index in [0.717, 1.165) is 49.8 Å². The first-order valence-corrected chi connectivity index (χ1v) is 10.8. The van der Waals surface area contributed by atoms with E-state index in [1.165, 1.54) is 0 Å². The second-order valence-corrected chi connectivity index (χ2v) is 8.35. The molecule has 0 radical (unpaired) electrons. The molecule has 0 spiro atoms. The van der Waals surface area contributed by atoms with Crippen LogP contribution in [0.1, 0.15) is 50.5 Å². The van der Waals surface area contributed by atoms with Gasteiger partial charge in [0.1, 0.15) is 11.8 Å². The summed E-state index contributed by atoms with van der Waals surface area (Å²) in [5, 5.41) is 7.48. The molecule has 0 bridgehead atoms. The summed E-state index contributed by atoms with van der Waals surface area (Å²) < 4.78 is 7.28. The van der Waals surface area contributed by atoms with Gasteiger partial charge in [-0.05, 0) is 31.7 Å². The first-order valence-electron chi connectivity index (χ1n) is 10.8. The van der Waals surface area contributed by atoms with E-state index in [1.807, 2.05) is 43.6 Å². The van der Waals surface area contributed by atoms with E-state index in [-0.39, 0.29) is 11.8 Å². The smallest absolute Gasteiger partial charge is 0.250 e. The van der Waals surface area contributed by atoms with Crippen LogP contribution in [0.3, 0.4) is 0 Å². The summed E-state index contributed by atoms with van der Waals surface area (Å²) in [7, 11) is 3.47. The minimum atomic E-state index is -0.654. The molecular weight excluding hydrogens is 380 g/mol. The second kappa shape index (κ2) is 8.50. The second-order valence-electron chi connectivity index (χ2n) is 8.35. The number of hydrogen-bond donors (Lipinski definition) is 1. The van der Waals surface area contributed by atoms with Gasteiger partial charge in [0.15, 0.2) is 5.82 Å². The molecule has 1 saturated carbocycles. The molecule has 2 aromatic rings. The van der Waals surface area contributed by atoms with Gasteiger partial charge in [0, 0.05) is 31.4 Å². The third-order valence-electron chi connectivity index (χ3n) is 6.48. The summed E-state index contributed by atoms with van der Waals surface area (Å²) in [6, 6.07) is 9.09. The predicted octanol–water partition coefficient (Wildman–Crippen LogP) is 2.94. The van der Waals surface area contributed by atoms with E-state index in [1.54, 1.807) is 16.7 Å². The maximum absolute atomic E-state index is 13.7. The highest BCUT2D eigenvalue weighted by molar-refractivity contribution is 6.00. The Morgan fingerprint density at radius 3 is 2.63 bits per heavy atom. The molecule has 7 heteroatoms. The molecule has 1 atom stereocenters. The van der Waals surface area contributed by atoms with Crippen molar-refractivity contribution in [2.45, 2.75) is 56.4 Å². The zero-order valence-electron chi connectivity index (χ0n) is 17.8. The summed E-state index contributed by atoms with van der Waals surface area (Å²) in [5.74, 6) is 1.23. The molecule has 2 fully saturated rings. The molecular formula is C23H30N4O3. The van der Waals surface area contributed by atoms with Crippen LogP contribution in [-0.2, 0) is 22.1 Å². The number of aromatic nitrogens is 2. The molecule has 4 rings (SSSR count). The van der Waals surface area contributed by atoms with Gasteiger partial charge in [0.05, 0.1) is 12.5 Å². The number of amides is 2. The van der Waals surface area contributed by atoms with Gasteiger partial charge in [0.2, 0.25) is 5.91 Å². The molecule has 160 valence electrons. The fourth-order valence-electron chi connectivity index (χ4n) is 4.89. The Bertz CT molecular complexity index is 917. The number of anilines is 1. The summed E-state index contributed by atoms with van der Waals surface area (Å²) >= 11 is 0. The van der Waals surface area contributed by atoms with Crippen LogP contribution in [0.5, 0.6) is 5.75 Å². The fraction of sp³-hybridized carbons (Fsp3) is 0.522. The molecule has 2 amide bonds. The molecule has 1 aromatic heterocycles. The zero-order valence-corrected chi connectivity index (χ0v) is 17.8. The fourth-order valence-corrected chi connectivity index (χ4v) is 4.89. The lowest BCUT2D eigenvalue weighted by Gasteiger charge is -2.39. The van der Waals surface area contributed by atoms with Crippen LogP contribution in [0.25, 0.3) is 0 Å². The first kappa shape index (κ1) is 20.4. The molecule has 1 saturated heterocycles. The minimum Gasteiger partial charge on any atom is -0.496 e. The van der Waals surface area contributed by atoms with Gasteiger partial charge >= 0.3 is 0 Å². The number of carbonyl (C=O) groups excluding carboxylic acids is 2. The van der Waals surface area contributed by atoms with Gasteiger partial charge in [-0.15, -0.1) is 0 Å². The van der Waals surface area contributed by atoms with Crippen molar-refractivity contribution in [3.05, 3.63) is 42.1 Å². The summed E-state index contributed by atoms with van der Waals surface area (Å²) in [4.78, 5) is 28.5. The van der Waals surface area contributed by atoms with E-state index >= 15 is 0 Å². The van der Waals surface area contributed by atoms with Gasteiger partial charge in [-0.3, -0.25) is 19.2 Å². The number of hydrogen-bond acceptors (Lipinski definition) is 4. The van der Waals surface area contributed by atoms with Crippen molar-refractivity contribution in [3.63, 3.8) is 0 Å². The lowest BCUT2D eigenvalue weighted by atomic mass is 9.68. The van der Waals surface area contributed by atoms with Crippen molar-refractivity contribution in [2.24, 2.45) is 7.05 Å². The number of carbonyl (C=O) groups is 2. The summed E-state index contributed by atoms with van der Waals surface area (Å²) in [5.41, 5.74) is 0.271. The molecule has 7 nitrogen and oxygen atoms in total. The average Bonchev–Trinajstić information content (AvgIpc) is 3.21. The van der Waals surface area contributed by atoms with Crippen LogP contribution < -0.4 is 15.0 Å². The van der Waals surface area contributed by atoms with Crippen molar-refractivity contribution in [3.8, 4) is 5.75 Å². The SMILES string of the molecule is COc1ccccc1C1(C(=O)NC2CCCN(c3ccn(C)n3)C2=O)CCCCC1. The van der Waals surface area contributed by atoms with Crippen molar-refractivity contribution >= 4 is 17.6 Å². The van der Waals surface area contributed by atoms with E-state index < -0.39 is 11.5 Å². The van der Waals surface area contributed by atoms with Gasteiger partial charge in [0.25, 0.3) is 5.91 Å². The van der Waals surface area contributed by atoms with Crippen molar-refractivity contribution in [1.29, 1.82) is 0 Å². The molecule has 1 aliphatic carbocycles. The third kappa shape index (κ3) is 3.68. The number of nitrogens with zero attached hydrogens (tertiary/aromatic N) is 3. The molecule has 2 aliphatic rings. The van der Waals surface area contributed by atoms with Gasteiger partial charge in [-0.2, -0.15) is 5.10 Å². The number of nitrogens with one attached hydrogen (secondary N) is 1. The average molecular weight is 411 g/mol. The van der Waals surface area contributed by atoms with E-state index in [2.05, 4.69) is 10.4 Å². The van der Waals surface area contributed by atoms with Crippen molar-refractivity contribution in [2.75, 3.05) is 18.6 Å². The number of rotatable bonds is 5. The Hall–Kier alpha value is -2.83. The van der Waals surface area contributed by atoms with Gasteiger partial charge < -0.3 is 10.1 Å². The number of aryl methyl sites for hydroxylation is 1. The highest BCUT2D eigenvalue weighted by Crippen LogP contribution is 2.43. The van der Waals surface area contributed by atoms with Crippen LogP contribution in [0.15, 0.2) is 36.5 Å². The number of para-hydroxylation sites is 1. The van der Waals surface area contributed by atoms with E-state index in [4.69, 9.17) is 4.74 Å². The Kier molecular flexibility index (Phi) is 5.79. The lowest BCUT2D eigenvalue weighted by molar-refractivity contribution is -0.133. The normalized spacial score (nSPS) is 21.3. The van der Waals surface area contributed by atoms with Gasteiger partial charge in [-0.25, -0.2) is 0 Å². The quantitative estimate of drug-likeness (QED) is 0.822. The van der Waals surface area contributed by atoms with Gasteiger partial charge in [-0.1, -0.05) is 37.5 Å². The maximum Gasteiger partial charge on any atom is 0.250 e. The van der Waals surface area contributed by atoms with Crippen LogP contribution in [0.2, 0.25) is 0 Å². The largest absolute Gasteiger partial charge is 0.496 e. The molecule has 1 aromatic carbocycles. The topological polar surface area (TPSA) is 76.5 Å². The highest BCUT2D eigenvalue weighted by Gasteiger charge is 2.45. The zero-order chi connectivity index (χ0) is 21.1. The molecule has 1 unspecified atom stereocenters. The number of piperidine rings is 1. The standard InChI is InChI=1S/C23H30N4O3/c1-26-16-12-20(25-26)27-15-8-10-18(21(27)28)24-22(29)23(13-6-3-7-14-23)17-9-4-5-11-19(17)30-2/h4-5,9,11-12,16,18H,3,6-8,10,13-15H2,1-2H3,(H,24,29). The Balaban J connectivity index is 1.59. The van der Waals surface area contributed by atoms with Crippen LogP contribution in [-0.4, -0.2) is 41.3 Å². The van der Waals surface area contributed by atoms with Crippen LogP contribution in [0, 0.1) is 0 Å². The molecule has 2 heterocycles. The Morgan fingerprint density at radius 1 is 1.17 bits per heavy atom. The third-order valence-corrected chi connectivity index (χ3v) is 6.48. The number of benzene rings is 1. The minimum absolute atomic E-state index is 0.0621. The molecule has 30 heavy (non-hydrogen) atoms. The van der Waals surface area contributed by atoms with Crippen LogP contribution in [0.4, 0.5) is 5.82 Å². The van der Waals surface area contributed by atoms with E-state index in [9.17, 15) is 9.59 Å². The van der Waals surface area contributed by atoms with Crippen molar-refractivity contribution in [1.82, 2.24) is 15.1 Å². The highest BCUT2D eigenvalue weighted by atomic mass is 16.5. The molecule has 1 aliphatic heterocycles. The Morgan fingerprint density at radius 2 is 1.93 bits per heavy atom. The summed E-state index contributed by atoms with van der Waals surface area (Å²) in [6.07, 6.45) is 7.94. The van der Waals surface area contributed by atoms with Crippen LogP contribution >= 0.6 is 0 Å².